The van der Waals surface area contributed by atoms with Crippen molar-refractivity contribution in [2.75, 3.05) is 41.7 Å². The molecule has 6 heteroatoms. The van der Waals surface area contributed by atoms with Crippen molar-refractivity contribution in [2.45, 2.75) is 26.3 Å². The molecule has 1 aliphatic rings. The SMILES string of the molecule is CCC(C)n1c(C#N)cc(N)c1N1CCN(c2ccc(F)cc2)CC1. The molecule has 1 aliphatic heterocycles. The number of anilines is 3. The van der Waals surface area contributed by atoms with E-state index in [1.807, 2.05) is 12.1 Å². The third-order valence-corrected chi connectivity index (χ3v) is 4.96. The zero-order valence-corrected chi connectivity index (χ0v) is 14.7. The van der Waals surface area contributed by atoms with E-state index < -0.39 is 0 Å². The minimum Gasteiger partial charge on any atom is -0.396 e. The van der Waals surface area contributed by atoms with Crippen LogP contribution in [0.3, 0.4) is 0 Å². The van der Waals surface area contributed by atoms with E-state index in [9.17, 15) is 9.65 Å². The van der Waals surface area contributed by atoms with Crippen LogP contribution in [0.4, 0.5) is 21.6 Å². The predicted molar refractivity (Wildman–Crippen MR) is 99.4 cm³/mol. The van der Waals surface area contributed by atoms with Crippen LogP contribution in [-0.4, -0.2) is 30.7 Å². The van der Waals surface area contributed by atoms with Gasteiger partial charge in [-0.15, -0.1) is 0 Å². The van der Waals surface area contributed by atoms with Gasteiger partial charge in [-0.25, -0.2) is 4.39 Å². The quantitative estimate of drug-likeness (QED) is 0.926. The maximum absolute atomic E-state index is 13.1. The van der Waals surface area contributed by atoms with Crippen molar-refractivity contribution < 1.29 is 4.39 Å². The number of hydrogen-bond donors (Lipinski definition) is 1. The van der Waals surface area contributed by atoms with Crippen LogP contribution in [-0.2, 0) is 0 Å². The number of rotatable bonds is 4. The molecule has 1 unspecified atom stereocenters. The summed E-state index contributed by atoms with van der Waals surface area (Å²) in [7, 11) is 0. The Hall–Kier alpha value is -2.68. The molecular formula is C19H24FN5. The van der Waals surface area contributed by atoms with E-state index in [0.29, 0.717) is 11.4 Å². The van der Waals surface area contributed by atoms with E-state index in [4.69, 9.17) is 5.73 Å². The van der Waals surface area contributed by atoms with Crippen molar-refractivity contribution in [1.82, 2.24) is 4.57 Å². The summed E-state index contributed by atoms with van der Waals surface area (Å²) < 4.78 is 15.2. The first-order chi connectivity index (χ1) is 12.0. The summed E-state index contributed by atoms with van der Waals surface area (Å²) in [5.41, 5.74) is 8.54. The highest BCUT2D eigenvalue weighted by Gasteiger charge is 2.25. The summed E-state index contributed by atoms with van der Waals surface area (Å²) in [5.74, 6) is 0.732. The fourth-order valence-electron chi connectivity index (χ4n) is 3.41. The van der Waals surface area contributed by atoms with Gasteiger partial charge in [0.15, 0.2) is 0 Å². The first-order valence-electron chi connectivity index (χ1n) is 8.71. The van der Waals surface area contributed by atoms with Gasteiger partial charge in [0.2, 0.25) is 0 Å². The molecule has 132 valence electrons. The number of hydrogen-bond acceptors (Lipinski definition) is 4. The molecule has 1 atom stereocenters. The fraction of sp³-hybridized carbons (Fsp3) is 0.421. The lowest BCUT2D eigenvalue weighted by Gasteiger charge is -2.38. The summed E-state index contributed by atoms with van der Waals surface area (Å²) in [5, 5.41) is 9.43. The van der Waals surface area contributed by atoms with Gasteiger partial charge < -0.3 is 20.1 Å². The summed E-state index contributed by atoms with van der Waals surface area (Å²) in [6, 6.07) is 10.9. The third kappa shape index (κ3) is 3.27. The van der Waals surface area contributed by atoms with Crippen molar-refractivity contribution >= 4 is 17.2 Å². The van der Waals surface area contributed by atoms with Crippen molar-refractivity contribution in [2.24, 2.45) is 0 Å². The van der Waals surface area contributed by atoms with E-state index in [2.05, 4.69) is 34.3 Å². The first-order valence-corrected chi connectivity index (χ1v) is 8.71. The van der Waals surface area contributed by atoms with Gasteiger partial charge in [0.1, 0.15) is 23.4 Å². The average molecular weight is 341 g/mol. The zero-order valence-electron chi connectivity index (χ0n) is 14.7. The minimum atomic E-state index is -0.217. The Balaban J connectivity index is 1.80. The van der Waals surface area contributed by atoms with E-state index in [0.717, 1.165) is 44.1 Å². The number of nitriles is 1. The molecule has 1 saturated heterocycles. The highest BCUT2D eigenvalue weighted by atomic mass is 19.1. The Labute approximate surface area is 148 Å². The van der Waals surface area contributed by atoms with Crippen molar-refractivity contribution in [1.29, 1.82) is 5.26 Å². The lowest BCUT2D eigenvalue weighted by molar-refractivity contribution is 0.517. The summed E-state index contributed by atoms with van der Waals surface area (Å²) in [4.78, 5) is 4.50. The summed E-state index contributed by atoms with van der Waals surface area (Å²) >= 11 is 0. The largest absolute Gasteiger partial charge is 0.396 e. The molecule has 2 N–H and O–H groups in total. The average Bonchev–Trinajstić information content (AvgIpc) is 2.98. The molecule has 0 amide bonds. The molecule has 0 spiro atoms. The van der Waals surface area contributed by atoms with Gasteiger partial charge in [-0.1, -0.05) is 6.92 Å². The molecule has 1 fully saturated rings. The van der Waals surface area contributed by atoms with Gasteiger partial charge in [-0.05, 0) is 43.7 Å². The van der Waals surface area contributed by atoms with Crippen molar-refractivity contribution in [3.8, 4) is 6.07 Å². The predicted octanol–water partition coefficient (Wildman–Crippen LogP) is 3.38. The van der Waals surface area contributed by atoms with Gasteiger partial charge in [0.05, 0.1) is 5.69 Å². The highest BCUT2D eigenvalue weighted by molar-refractivity contribution is 5.69. The molecule has 0 radical (unpaired) electrons. The normalized spacial score (nSPS) is 15.9. The molecular weight excluding hydrogens is 317 g/mol. The number of nitrogens with two attached hydrogens (primary N) is 1. The number of halogens is 1. The number of benzene rings is 1. The van der Waals surface area contributed by atoms with Crippen LogP contribution < -0.4 is 15.5 Å². The van der Waals surface area contributed by atoms with Gasteiger partial charge in [-0.2, -0.15) is 5.26 Å². The Morgan fingerprint density at radius 3 is 2.32 bits per heavy atom. The van der Waals surface area contributed by atoms with Crippen LogP contribution in [0.5, 0.6) is 0 Å². The Morgan fingerprint density at radius 2 is 1.76 bits per heavy atom. The van der Waals surface area contributed by atoms with Gasteiger partial charge >= 0.3 is 0 Å². The first kappa shape index (κ1) is 17.2. The second-order valence-corrected chi connectivity index (χ2v) is 6.50. The number of piperazine rings is 1. The molecule has 1 aromatic carbocycles. The molecule has 25 heavy (non-hydrogen) atoms. The Bertz CT molecular complexity index is 766. The van der Waals surface area contributed by atoms with Crippen LogP contribution in [0.2, 0.25) is 0 Å². The summed E-state index contributed by atoms with van der Waals surface area (Å²) in [6.07, 6.45) is 0.936. The monoisotopic (exact) mass is 341 g/mol. The molecule has 5 nitrogen and oxygen atoms in total. The Morgan fingerprint density at radius 1 is 1.16 bits per heavy atom. The molecule has 2 heterocycles. The van der Waals surface area contributed by atoms with Crippen LogP contribution in [0.25, 0.3) is 0 Å². The van der Waals surface area contributed by atoms with Crippen LogP contribution in [0.15, 0.2) is 30.3 Å². The van der Waals surface area contributed by atoms with E-state index >= 15 is 0 Å². The second-order valence-electron chi connectivity index (χ2n) is 6.50. The maximum atomic E-state index is 13.1. The van der Waals surface area contributed by atoms with E-state index in [1.165, 1.54) is 12.1 Å². The number of nitrogen functional groups attached to an aromatic ring is 1. The third-order valence-electron chi connectivity index (χ3n) is 4.96. The van der Waals surface area contributed by atoms with Gasteiger partial charge in [0, 0.05) is 37.9 Å². The molecule has 3 rings (SSSR count). The van der Waals surface area contributed by atoms with Crippen molar-refractivity contribution in [3.05, 3.63) is 41.8 Å². The molecule has 0 saturated carbocycles. The van der Waals surface area contributed by atoms with E-state index in [-0.39, 0.29) is 11.9 Å². The second kappa shape index (κ2) is 7.06. The standard InChI is InChI=1S/C19H24FN5/c1-3-14(2)25-17(13-21)12-18(22)19(25)24-10-8-23(9-11-24)16-6-4-15(20)5-7-16/h4-7,12,14H,3,8-11,22H2,1-2H3. The number of aromatic nitrogens is 1. The molecule has 1 aromatic heterocycles. The fourth-order valence-corrected chi connectivity index (χ4v) is 3.41. The lowest BCUT2D eigenvalue weighted by Crippen LogP contribution is -2.47. The van der Waals surface area contributed by atoms with Gasteiger partial charge in [-0.3, -0.25) is 0 Å². The molecule has 0 bridgehead atoms. The summed E-state index contributed by atoms with van der Waals surface area (Å²) in [6.45, 7) is 7.51. The van der Waals surface area contributed by atoms with Crippen LogP contribution in [0.1, 0.15) is 32.0 Å². The van der Waals surface area contributed by atoms with Crippen LogP contribution in [0, 0.1) is 17.1 Å². The Kier molecular flexibility index (Phi) is 4.84. The van der Waals surface area contributed by atoms with Crippen molar-refractivity contribution in [3.63, 3.8) is 0 Å². The number of nitrogens with zero attached hydrogens (tertiary/aromatic N) is 4. The molecule has 0 aliphatic carbocycles. The van der Waals surface area contributed by atoms with E-state index in [1.54, 1.807) is 6.07 Å². The zero-order chi connectivity index (χ0) is 18.0. The van der Waals surface area contributed by atoms with Crippen LogP contribution >= 0.6 is 0 Å². The lowest BCUT2D eigenvalue weighted by atomic mass is 10.2. The van der Waals surface area contributed by atoms with Gasteiger partial charge in [0.25, 0.3) is 0 Å². The smallest absolute Gasteiger partial charge is 0.133 e. The maximum Gasteiger partial charge on any atom is 0.133 e. The highest BCUT2D eigenvalue weighted by Crippen LogP contribution is 2.33. The topological polar surface area (TPSA) is 61.2 Å². The minimum absolute atomic E-state index is 0.217. The molecule has 2 aromatic rings.